The van der Waals surface area contributed by atoms with Gasteiger partial charge in [0.2, 0.25) is 0 Å². The Hall–Kier alpha value is -1.87. The molecule has 2 aromatic rings. The molecule has 0 aliphatic heterocycles. The summed E-state index contributed by atoms with van der Waals surface area (Å²) in [6, 6.07) is 14.1. The highest BCUT2D eigenvalue weighted by Gasteiger charge is 2.10. The molecule has 0 spiro atoms. The smallest absolute Gasteiger partial charge is 0.138 e. The molecule has 0 radical (unpaired) electrons. The Labute approximate surface area is 114 Å². The highest BCUT2D eigenvalue weighted by atomic mass is 16.3. The van der Waals surface area contributed by atoms with Crippen molar-refractivity contribution in [2.75, 3.05) is 0 Å². The normalized spacial score (nSPS) is 12.3. The molecule has 1 aromatic heterocycles. The van der Waals surface area contributed by atoms with Gasteiger partial charge in [0, 0.05) is 18.3 Å². The second-order valence-corrected chi connectivity index (χ2v) is 4.67. The zero-order chi connectivity index (χ0) is 13.7. The number of pyridine rings is 1. The Bertz CT molecular complexity index is 526. The zero-order valence-electron chi connectivity index (χ0n) is 11.4. The van der Waals surface area contributed by atoms with Gasteiger partial charge in [0.15, 0.2) is 0 Å². The molecule has 3 heteroatoms. The maximum atomic E-state index is 9.79. The summed E-state index contributed by atoms with van der Waals surface area (Å²) in [5.74, 6) is 0.251. The molecule has 1 heterocycles. The number of hydrogen-bond acceptors (Lipinski definition) is 3. The van der Waals surface area contributed by atoms with E-state index in [4.69, 9.17) is 0 Å². The summed E-state index contributed by atoms with van der Waals surface area (Å²) in [5, 5.41) is 13.2. The van der Waals surface area contributed by atoms with E-state index in [1.807, 2.05) is 31.2 Å². The first-order chi connectivity index (χ1) is 9.20. The lowest BCUT2D eigenvalue weighted by molar-refractivity contribution is 0.448. The van der Waals surface area contributed by atoms with Crippen molar-refractivity contribution >= 4 is 0 Å². The van der Waals surface area contributed by atoms with E-state index in [1.165, 1.54) is 5.56 Å². The van der Waals surface area contributed by atoms with Gasteiger partial charge in [0.25, 0.3) is 0 Å². The highest BCUT2D eigenvalue weighted by molar-refractivity contribution is 5.28. The molecule has 100 valence electrons. The fraction of sp³-hybridized carbons (Fsp3) is 0.312. The van der Waals surface area contributed by atoms with Crippen LogP contribution in [0.5, 0.6) is 5.75 Å². The van der Waals surface area contributed by atoms with Gasteiger partial charge in [-0.05, 0) is 31.0 Å². The fourth-order valence-corrected chi connectivity index (χ4v) is 2.14. The molecule has 0 fully saturated rings. The van der Waals surface area contributed by atoms with Crippen LogP contribution >= 0.6 is 0 Å². The van der Waals surface area contributed by atoms with Crippen molar-refractivity contribution in [3.8, 4) is 5.75 Å². The van der Waals surface area contributed by atoms with Crippen LogP contribution in [0.25, 0.3) is 0 Å². The third-order valence-corrected chi connectivity index (χ3v) is 3.22. The van der Waals surface area contributed by atoms with Crippen LogP contribution < -0.4 is 5.32 Å². The Kier molecular flexibility index (Phi) is 4.53. The second-order valence-electron chi connectivity index (χ2n) is 4.67. The lowest BCUT2D eigenvalue weighted by atomic mass is 10.0. The molecule has 0 aliphatic rings. The van der Waals surface area contributed by atoms with Crippen LogP contribution in [0.2, 0.25) is 0 Å². The summed E-state index contributed by atoms with van der Waals surface area (Å²) in [6.45, 7) is 4.65. The van der Waals surface area contributed by atoms with Gasteiger partial charge in [-0.25, -0.2) is 0 Å². The van der Waals surface area contributed by atoms with E-state index in [1.54, 1.807) is 6.07 Å². The van der Waals surface area contributed by atoms with E-state index in [9.17, 15) is 5.11 Å². The first kappa shape index (κ1) is 13.6. The van der Waals surface area contributed by atoms with Crippen LogP contribution in [0.4, 0.5) is 0 Å². The average Bonchev–Trinajstić information content (AvgIpc) is 2.44. The van der Waals surface area contributed by atoms with Gasteiger partial charge in [0.1, 0.15) is 5.75 Å². The van der Waals surface area contributed by atoms with Crippen molar-refractivity contribution in [2.24, 2.45) is 0 Å². The van der Waals surface area contributed by atoms with Crippen LogP contribution in [-0.4, -0.2) is 10.1 Å². The number of rotatable bonds is 5. The summed E-state index contributed by atoms with van der Waals surface area (Å²) in [4.78, 5) is 4.36. The Morgan fingerprint density at radius 1 is 1.16 bits per heavy atom. The van der Waals surface area contributed by atoms with E-state index in [0.717, 1.165) is 12.1 Å². The molecule has 0 saturated carbocycles. The Morgan fingerprint density at radius 2 is 1.89 bits per heavy atom. The van der Waals surface area contributed by atoms with Crippen molar-refractivity contribution in [1.29, 1.82) is 0 Å². The van der Waals surface area contributed by atoms with E-state index in [0.29, 0.717) is 12.2 Å². The van der Waals surface area contributed by atoms with Crippen LogP contribution in [0.15, 0.2) is 42.5 Å². The molecule has 0 bridgehead atoms. The highest BCUT2D eigenvalue weighted by Crippen LogP contribution is 2.19. The van der Waals surface area contributed by atoms with Crippen molar-refractivity contribution in [1.82, 2.24) is 10.3 Å². The lowest BCUT2D eigenvalue weighted by Crippen LogP contribution is -2.21. The number of nitrogens with zero attached hydrogens (tertiary/aromatic N) is 1. The minimum absolute atomic E-state index is 0.251. The Morgan fingerprint density at radius 3 is 2.58 bits per heavy atom. The largest absolute Gasteiger partial charge is 0.506 e. The van der Waals surface area contributed by atoms with Crippen LogP contribution in [0.3, 0.4) is 0 Å². The predicted molar refractivity (Wildman–Crippen MR) is 77.0 cm³/mol. The van der Waals surface area contributed by atoms with E-state index >= 15 is 0 Å². The fourth-order valence-electron chi connectivity index (χ4n) is 2.14. The van der Waals surface area contributed by atoms with Crippen molar-refractivity contribution in [2.45, 2.75) is 32.9 Å². The quantitative estimate of drug-likeness (QED) is 0.862. The van der Waals surface area contributed by atoms with Crippen LogP contribution in [0, 0.1) is 6.92 Å². The maximum absolute atomic E-state index is 9.79. The molecule has 0 saturated heterocycles. The SMILES string of the molecule is CCC(NCc1nc(C)ccc1O)c1ccccc1. The molecule has 1 atom stereocenters. The number of benzene rings is 1. The van der Waals surface area contributed by atoms with Crippen molar-refractivity contribution in [3.63, 3.8) is 0 Å². The van der Waals surface area contributed by atoms with Gasteiger partial charge in [-0.2, -0.15) is 0 Å². The van der Waals surface area contributed by atoms with E-state index in [-0.39, 0.29) is 11.8 Å². The molecule has 2 N–H and O–H groups in total. The summed E-state index contributed by atoms with van der Waals surface area (Å²) in [6.07, 6.45) is 0.997. The number of aromatic hydroxyl groups is 1. The van der Waals surface area contributed by atoms with Gasteiger partial charge >= 0.3 is 0 Å². The summed E-state index contributed by atoms with van der Waals surface area (Å²) in [7, 11) is 0. The lowest BCUT2D eigenvalue weighted by Gasteiger charge is -2.17. The first-order valence-electron chi connectivity index (χ1n) is 6.64. The maximum Gasteiger partial charge on any atom is 0.138 e. The average molecular weight is 256 g/mol. The molecule has 19 heavy (non-hydrogen) atoms. The van der Waals surface area contributed by atoms with Gasteiger partial charge in [0.05, 0.1) is 5.69 Å². The van der Waals surface area contributed by atoms with Crippen LogP contribution in [0.1, 0.15) is 36.3 Å². The van der Waals surface area contributed by atoms with Crippen LogP contribution in [-0.2, 0) is 6.54 Å². The monoisotopic (exact) mass is 256 g/mol. The molecular formula is C16H20N2O. The second kappa shape index (κ2) is 6.34. The van der Waals surface area contributed by atoms with E-state index in [2.05, 4.69) is 29.4 Å². The summed E-state index contributed by atoms with van der Waals surface area (Å²) in [5.41, 5.74) is 2.88. The number of aromatic nitrogens is 1. The number of hydrogen-bond donors (Lipinski definition) is 2. The van der Waals surface area contributed by atoms with E-state index < -0.39 is 0 Å². The third kappa shape index (κ3) is 3.55. The van der Waals surface area contributed by atoms with Gasteiger partial charge in [-0.3, -0.25) is 4.98 Å². The van der Waals surface area contributed by atoms with Gasteiger partial charge in [-0.15, -0.1) is 0 Å². The minimum Gasteiger partial charge on any atom is -0.506 e. The summed E-state index contributed by atoms with van der Waals surface area (Å²) >= 11 is 0. The molecule has 3 nitrogen and oxygen atoms in total. The minimum atomic E-state index is 0.251. The molecule has 0 amide bonds. The zero-order valence-corrected chi connectivity index (χ0v) is 11.4. The number of aryl methyl sites for hydroxylation is 1. The number of nitrogens with one attached hydrogen (secondary N) is 1. The molecule has 1 unspecified atom stereocenters. The standard InChI is InChI=1S/C16H20N2O/c1-3-14(13-7-5-4-6-8-13)17-11-15-16(19)10-9-12(2)18-15/h4-10,14,17,19H,3,11H2,1-2H3. The third-order valence-electron chi connectivity index (χ3n) is 3.22. The predicted octanol–water partition coefficient (Wildman–Crippen LogP) is 3.34. The van der Waals surface area contributed by atoms with Gasteiger partial charge < -0.3 is 10.4 Å². The topological polar surface area (TPSA) is 45.2 Å². The first-order valence-corrected chi connectivity index (χ1v) is 6.64. The summed E-state index contributed by atoms with van der Waals surface area (Å²) < 4.78 is 0. The van der Waals surface area contributed by atoms with Gasteiger partial charge in [-0.1, -0.05) is 37.3 Å². The van der Waals surface area contributed by atoms with Crippen molar-refractivity contribution in [3.05, 3.63) is 59.4 Å². The molecular weight excluding hydrogens is 236 g/mol. The molecule has 1 aromatic carbocycles. The Balaban J connectivity index is 2.06. The van der Waals surface area contributed by atoms with Crippen molar-refractivity contribution < 1.29 is 5.11 Å². The molecule has 0 aliphatic carbocycles. The molecule has 2 rings (SSSR count).